The minimum atomic E-state index is -2.23. The van der Waals surface area contributed by atoms with Crippen molar-refractivity contribution < 1.29 is 24.5 Å². The molecule has 2 heterocycles. The molecule has 9 nitrogen and oxygen atoms in total. The summed E-state index contributed by atoms with van der Waals surface area (Å²) in [4.78, 5) is 24.8. The van der Waals surface area contributed by atoms with Crippen molar-refractivity contribution in [1.82, 2.24) is 15.1 Å². The van der Waals surface area contributed by atoms with Crippen LogP contribution in [0.15, 0.2) is 21.9 Å². The number of rotatable bonds is 4. The molecule has 1 aliphatic rings. The highest BCUT2D eigenvalue weighted by atomic mass is 19.2. The second kappa shape index (κ2) is 5.66. The third-order valence-corrected chi connectivity index (χ3v) is 3.67. The van der Waals surface area contributed by atoms with Gasteiger partial charge in [-0.15, -0.1) is 4.48 Å². The quantitative estimate of drug-likeness (QED) is 0.384. The molecule has 10 heteroatoms. The normalized spacial score (nSPS) is 34.0. The largest absolute Gasteiger partial charge is 0.394 e. The average molecular weight is 305 g/mol. The van der Waals surface area contributed by atoms with E-state index in [0.717, 1.165) is 16.8 Å². The molecule has 1 aliphatic heterocycles. The molecular weight excluding hydrogens is 289 g/mol. The van der Waals surface area contributed by atoms with Gasteiger partial charge in [-0.05, 0) is 6.92 Å². The van der Waals surface area contributed by atoms with Crippen LogP contribution in [0.25, 0.3) is 0 Å². The van der Waals surface area contributed by atoms with Gasteiger partial charge in [0, 0.05) is 12.3 Å². The molecule has 5 atom stereocenters. The third-order valence-electron chi connectivity index (χ3n) is 3.67. The molecule has 1 fully saturated rings. The number of aliphatic hydroxyl groups excluding tert-OH is 2. The number of ether oxygens (including phenoxy) is 1. The van der Waals surface area contributed by atoms with Crippen molar-refractivity contribution in [2.24, 2.45) is 0 Å². The smallest absolute Gasteiger partial charge is 0.330 e. The van der Waals surface area contributed by atoms with Crippen molar-refractivity contribution in [2.75, 3.05) is 6.61 Å². The number of aromatic nitrogens is 2. The summed E-state index contributed by atoms with van der Waals surface area (Å²) in [5, 5.41) is 29.8. The summed E-state index contributed by atoms with van der Waals surface area (Å²) in [6, 6.07) is -0.301. The zero-order valence-electron chi connectivity index (χ0n) is 11.1. The molecule has 0 aliphatic carbocycles. The molecule has 5 N–H and O–H groups in total. The molecular formula is C11H16FN3O6. The van der Waals surface area contributed by atoms with E-state index in [0.29, 0.717) is 0 Å². The van der Waals surface area contributed by atoms with E-state index < -0.39 is 47.9 Å². The minimum absolute atomic E-state index is 0.642. The Balaban J connectivity index is 2.54. The zero-order valence-corrected chi connectivity index (χ0v) is 11.1. The zero-order chi connectivity index (χ0) is 15.8. The van der Waals surface area contributed by atoms with Gasteiger partial charge in [-0.2, -0.15) is 5.54 Å². The second-order valence-corrected chi connectivity index (χ2v) is 4.89. The topological polar surface area (TPSA) is 137 Å². The number of H-pyrrole nitrogens is 1. The standard InChI is InChI=1S/C11H16FN3O6/c1-5(14-12)11(20)8(18)6(4-16)21-9(11)15-3-2-7(17)13-10(15)19/h2-3,5-6,8-9,14,16,18,20H,4H2,1H3,(H,13,17,19)/t5?,6-,8-,9-,11-/m1/s1. The van der Waals surface area contributed by atoms with Crippen LogP contribution in [0.4, 0.5) is 4.48 Å². The van der Waals surface area contributed by atoms with Gasteiger partial charge in [-0.3, -0.25) is 14.3 Å². The van der Waals surface area contributed by atoms with Crippen LogP contribution in [-0.4, -0.2) is 55.3 Å². The maximum Gasteiger partial charge on any atom is 0.330 e. The molecule has 0 saturated carbocycles. The maximum absolute atomic E-state index is 12.8. The van der Waals surface area contributed by atoms with Gasteiger partial charge in [0.2, 0.25) is 0 Å². The van der Waals surface area contributed by atoms with Crippen LogP contribution >= 0.6 is 0 Å². The van der Waals surface area contributed by atoms with Gasteiger partial charge in [0.1, 0.15) is 12.2 Å². The van der Waals surface area contributed by atoms with Gasteiger partial charge in [-0.25, -0.2) is 4.79 Å². The van der Waals surface area contributed by atoms with E-state index in [9.17, 15) is 24.3 Å². The monoisotopic (exact) mass is 305 g/mol. The molecule has 1 aromatic rings. The number of hydrogen-bond donors (Lipinski definition) is 5. The summed E-state index contributed by atoms with van der Waals surface area (Å²) in [6.07, 6.45) is -3.31. The van der Waals surface area contributed by atoms with E-state index in [1.54, 1.807) is 0 Å². The molecule has 0 aromatic carbocycles. The fourth-order valence-corrected chi connectivity index (χ4v) is 2.39. The first kappa shape index (κ1) is 15.8. The van der Waals surface area contributed by atoms with Crippen molar-refractivity contribution in [3.05, 3.63) is 33.1 Å². The number of aromatic amines is 1. The summed E-state index contributed by atoms with van der Waals surface area (Å²) < 4.78 is 18.8. The predicted molar refractivity (Wildman–Crippen MR) is 67.0 cm³/mol. The van der Waals surface area contributed by atoms with Crippen LogP contribution in [0.2, 0.25) is 0 Å². The maximum atomic E-state index is 12.8. The van der Waals surface area contributed by atoms with E-state index in [1.807, 2.05) is 4.98 Å². The van der Waals surface area contributed by atoms with Gasteiger partial charge in [0.25, 0.3) is 5.56 Å². The Bertz CT molecular complexity index is 618. The Morgan fingerprint density at radius 2 is 2.29 bits per heavy atom. The number of nitrogens with one attached hydrogen (secondary N) is 2. The van der Waals surface area contributed by atoms with E-state index >= 15 is 0 Å². The van der Waals surface area contributed by atoms with Gasteiger partial charge in [0.15, 0.2) is 11.8 Å². The predicted octanol–water partition coefficient (Wildman–Crippen LogP) is -2.62. The summed E-state index contributed by atoms with van der Waals surface area (Å²) in [5.41, 5.74) is -2.50. The van der Waals surface area contributed by atoms with Crippen LogP contribution < -0.4 is 16.8 Å². The van der Waals surface area contributed by atoms with Crippen LogP contribution in [0.3, 0.4) is 0 Å². The lowest BCUT2D eigenvalue weighted by Gasteiger charge is -2.35. The number of aliphatic hydroxyl groups is 3. The van der Waals surface area contributed by atoms with Crippen molar-refractivity contribution in [3.8, 4) is 0 Å². The first-order valence-electron chi connectivity index (χ1n) is 6.20. The molecule has 1 unspecified atom stereocenters. The molecule has 0 amide bonds. The molecule has 0 radical (unpaired) electrons. The third kappa shape index (κ3) is 2.40. The van der Waals surface area contributed by atoms with E-state index in [1.165, 1.54) is 12.5 Å². The Labute approximate surface area is 117 Å². The second-order valence-electron chi connectivity index (χ2n) is 4.89. The summed E-state index contributed by atoms with van der Waals surface area (Å²) in [7, 11) is 0. The molecule has 21 heavy (non-hydrogen) atoms. The first-order valence-corrected chi connectivity index (χ1v) is 6.20. The lowest BCUT2D eigenvalue weighted by atomic mass is 9.87. The average Bonchev–Trinajstić information content (AvgIpc) is 2.72. The molecule has 1 saturated heterocycles. The molecule has 0 bridgehead atoms. The Kier molecular flexibility index (Phi) is 4.25. The Morgan fingerprint density at radius 1 is 1.62 bits per heavy atom. The molecule has 0 spiro atoms. The summed E-state index contributed by atoms with van der Waals surface area (Å²) in [5.74, 6) is 0. The number of hydrogen-bond acceptors (Lipinski definition) is 7. The SMILES string of the molecule is CC(NF)[C@@]1(O)[C@H](O)[C@@H](CO)O[C@H]1n1ccc(=O)[nH]c1=O. The van der Waals surface area contributed by atoms with Gasteiger partial charge >= 0.3 is 5.69 Å². The van der Waals surface area contributed by atoms with Crippen LogP contribution in [0, 0.1) is 0 Å². The number of halogens is 1. The van der Waals surface area contributed by atoms with Gasteiger partial charge < -0.3 is 20.1 Å². The lowest BCUT2D eigenvalue weighted by Crippen LogP contribution is -2.59. The lowest BCUT2D eigenvalue weighted by molar-refractivity contribution is -0.136. The first-order chi connectivity index (χ1) is 9.86. The minimum Gasteiger partial charge on any atom is -0.394 e. The van der Waals surface area contributed by atoms with Crippen molar-refractivity contribution in [2.45, 2.75) is 37.0 Å². The fraction of sp³-hybridized carbons (Fsp3) is 0.636. The Morgan fingerprint density at radius 3 is 2.81 bits per heavy atom. The molecule has 2 rings (SSSR count). The van der Waals surface area contributed by atoms with Crippen LogP contribution in [0.1, 0.15) is 13.2 Å². The fourth-order valence-electron chi connectivity index (χ4n) is 2.39. The molecule has 118 valence electrons. The highest BCUT2D eigenvalue weighted by Gasteiger charge is 2.59. The highest BCUT2D eigenvalue weighted by Crippen LogP contribution is 2.40. The van der Waals surface area contributed by atoms with Gasteiger partial charge in [0.05, 0.1) is 12.6 Å². The summed E-state index contributed by atoms with van der Waals surface area (Å²) in [6.45, 7) is 0.590. The summed E-state index contributed by atoms with van der Waals surface area (Å²) >= 11 is 0. The molecule has 1 aromatic heterocycles. The van der Waals surface area contributed by atoms with Gasteiger partial charge in [-0.1, -0.05) is 0 Å². The van der Waals surface area contributed by atoms with Crippen LogP contribution in [-0.2, 0) is 4.74 Å². The van der Waals surface area contributed by atoms with Crippen molar-refractivity contribution in [1.29, 1.82) is 0 Å². The van der Waals surface area contributed by atoms with E-state index in [-0.39, 0.29) is 0 Å². The van der Waals surface area contributed by atoms with E-state index in [2.05, 4.69) is 0 Å². The van der Waals surface area contributed by atoms with Crippen molar-refractivity contribution in [3.63, 3.8) is 0 Å². The number of nitrogens with zero attached hydrogens (tertiary/aromatic N) is 1. The highest BCUT2D eigenvalue weighted by molar-refractivity contribution is 5.07. The van der Waals surface area contributed by atoms with Crippen molar-refractivity contribution >= 4 is 0 Å². The Hall–Kier alpha value is -1.59. The van der Waals surface area contributed by atoms with E-state index in [4.69, 9.17) is 9.84 Å². The van der Waals surface area contributed by atoms with Crippen LogP contribution in [0.5, 0.6) is 0 Å².